The molecule has 21 heavy (non-hydrogen) atoms. The van der Waals surface area contributed by atoms with Gasteiger partial charge in [-0.3, -0.25) is 0 Å². The Hall–Kier alpha value is -2.39. The van der Waals surface area contributed by atoms with Crippen molar-refractivity contribution in [3.8, 4) is 11.8 Å². The molecule has 0 radical (unpaired) electrons. The number of aliphatic hydroxyl groups excluding tert-OH is 1. The molecule has 1 aromatic heterocycles. The molecule has 0 aliphatic carbocycles. The van der Waals surface area contributed by atoms with Crippen molar-refractivity contribution >= 4 is 5.82 Å². The van der Waals surface area contributed by atoms with Crippen LogP contribution in [0.5, 0.6) is 0 Å². The van der Waals surface area contributed by atoms with Gasteiger partial charge in [-0.2, -0.15) is 5.26 Å². The van der Waals surface area contributed by atoms with E-state index >= 15 is 0 Å². The monoisotopic (exact) mass is 285 g/mol. The molecule has 2 aromatic rings. The lowest BCUT2D eigenvalue weighted by atomic mass is 10.2. The number of hydrogen-bond acceptors (Lipinski definition) is 5. The number of aromatic nitrogens is 3. The molecule has 0 aliphatic heterocycles. The van der Waals surface area contributed by atoms with E-state index in [1.807, 2.05) is 36.1 Å². The second-order valence-electron chi connectivity index (χ2n) is 4.60. The summed E-state index contributed by atoms with van der Waals surface area (Å²) in [6.45, 7) is 5.14. The quantitative estimate of drug-likeness (QED) is 0.870. The fourth-order valence-corrected chi connectivity index (χ4v) is 2.10. The van der Waals surface area contributed by atoms with Gasteiger partial charge < -0.3 is 10.0 Å². The number of rotatable bonds is 6. The van der Waals surface area contributed by atoms with Crippen molar-refractivity contribution in [1.29, 1.82) is 5.26 Å². The van der Waals surface area contributed by atoms with Crippen LogP contribution in [0.25, 0.3) is 5.69 Å². The fourth-order valence-electron chi connectivity index (χ4n) is 2.10. The minimum Gasteiger partial charge on any atom is -0.395 e. The highest BCUT2D eigenvalue weighted by atomic mass is 16.3. The Morgan fingerprint density at radius 2 is 1.95 bits per heavy atom. The number of nitrogens with zero attached hydrogens (tertiary/aromatic N) is 5. The molecule has 110 valence electrons. The Morgan fingerprint density at radius 3 is 2.48 bits per heavy atom. The zero-order valence-corrected chi connectivity index (χ0v) is 12.3. The Morgan fingerprint density at radius 1 is 1.24 bits per heavy atom. The van der Waals surface area contributed by atoms with E-state index in [1.54, 1.807) is 0 Å². The summed E-state index contributed by atoms with van der Waals surface area (Å²) in [5.41, 5.74) is 2.32. The highest BCUT2D eigenvalue weighted by Gasteiger charge is 2.17. The van der Waals surface area contributed by atoms with Crippen LogP contribution in [0.2, 0.25) is 0 Å². The molecule has 2 rings (SSSR count). The summed E-state index contributed by atoms with van der Waals surface area (Å²) in [7, 11) is 0. The first-order chi connectivity index (χ1) is 10.2. The number of nitriles is 1. The van der Waals surface area contributed by atoms with E-state index in [0.29, 0.717) is 18.9 Å². The largest absolute Gasteiger partial charge is 0.395 e. The Labute approximate surface area is 124 Å². The maximum absolute atomic E-state index is 9.22. The van der Waals surface area contributed by atoms with E-state index < -0.39 is 0 Å². The van der Waals surface area contributed by atoms with Crippen molar-refractivity contribution in [3.63, 3.8) is 0 Å². The van der Waals surface area contributed by atoms with Gasteiger partial charge >= 0.3 is 0 Å². The summed E-state index contributed by atoms with van der Waals surface area (Å²) in [5.74, 6) is 0.508. The van der Waals surface area contributed by atoms with Gasteiger partial charge in [0.05, 0.1) is 12.3 Å². The Balaban J connectivity index is 2.37. The van der Waals surface area contributed by atoms with Gasteiger partial charge in [0.25, 0.3) is 0 Å². The van der Waals surface area contributed by atoms with Crippen LogP contribution in [0.1, 0.15) is 25.1 Å². The lowest BCUT2D eigenvalue weighted by molar-refractivity contribution is 0.302. The fraction of sp³-hybridized carbons (Fsp3) is 0.400. The second kappa shape index (κ2) is 6.86. The molecular formula is C15H19N5O. The highest BCUT2D eigenvalue weighted by molar-refractivity contribution is 5.50. The predicted molar refractivity (Wildman–Crippen MR) is 80.4 cm³/mol. The summed E-state index contributed by atoms with van der Waals surface area (Å²) >= 11 is 0. The standard InChI is InChI=1S/C15H19N5O/c1-3-12-5-7-13(8-6-12)20-17-14(11-16)15(18-20)19(4-2)9-10-21/h5-8,21H,3-4,9-10H2,1-2H3. The van der Waals surface area contributed by atoms with E-state index in [9.17, 15) is 5.26 Å². The van der Waals surface area contributed by atoms with Crippen LogP contribution in [0.3, 0.4) is 0 Å². The molecule has 0 spiro atoms. The van der Waals surface area contributed by atoms with Crippen molar-refractivity contribution in [2.45, 2.75) is 20.3 Å². The molecule has 0 fully saturated rings. The normalized spacial score (nSPS) is 10.4. The van der Waals surface area contributed by atoms with Gasteiger partial charge in [-0.25, -0.2) is 0 Å². The van der Waals surface area contributed by atoms with E-state index in [2.05, 4.69) is 23.2 Å². The second-order valence-corrected chi connectivity index (χ2v) is 4.60. The van der Waals surface area contributed by atoms with Gasteiger partial charge in [-0.15, -0.1) is 15.0 Å². The number of aryl methyl sites for hydroxylation is 1. The van der Waals surface area contributed by atoms with Gasteiger partial charge in [-0.1, -0.05) is 19.1 Å². The van der Waals surface area contributed by atoms with Crippen LogP contribution in [-0.4, -0.2) is 39.8 Å². The average molecular weight is 285 g/mol. The zero-order valence-electron chi connectivity index (χ0n) is 12.3. The maximum Gasteiger partial charge on any atom is 0.207 e. The van der Waals surface area contributed by atoms with Crippen molar-refractivity contribution in [3.05, 3.63) is 35.5 Å². The number of benzene rings is 1. The smallest absolute Gasteiger partial charge is 0.207 e. The molecule has 1 aromatic carbocycles. The van der Waals surface area contributed by atoms with Gasteiger partial charge in [0.15, 0.2) is 5.82 Å². The third-order valence-corrected chi connectivity index (χ3v) is 3.33. The molecule has 0 saturated carbocycles. The molecule has 6 heteroatoms. The summed E-state index contributed by atoms with van der Waals surface area (Å²) < 4.78 is 0. The van der Waals surface area contributed by atoms with Gasteiger partial charge in [-0.05, 0) is 31.0 Å². The first-order valence-electron chi connectivity index (χ1n) is 7.06. The van der Waals surface area contributed by atoms with Gasteiger partial charge in [0, 0.05) is 13.1 Å². The van der Waals surface area contributed by atoms with Crippen LogP contribution in [-0.2, 0) is 6.42 Å². The van der Waals surface area contributed by atoms with Crippen molar-refractivity contribution in [2.75, 3.05) is 24.6 Å². The van der Waals surface area contributed by atoms with E-state index in [0.717, 1.165) is 12.1 Å². The van der Waals surface area contributed by atoms with Crippen molar-refractivity contribution < 1.29 is 5.11 Å². The summed E-state index contributed by atoms with van der Waals surface area (Å²) in [6.07, 6.45) is 0.974. The number of aliphatic hydroxyl groups is 1. The van der Waals surface area contributed by atoms with E-state index in [4.69, 9.17) is 5.11 Å². The van der Waals surface area contributed by atoms with Crippen molar-refractivity contribution in [1.82, 2.24) is 15.0 Å². The minimum absolute atomic E-state index is 0.0107. The van der Waals surface area contributed by atoms with E-state index in [1.165, 1.54) is 10.4 Å². The molecule has 0 aliphatic rings. The van der Waals surface area contributed by atoms with Crippen LogP contribution < -0.4 is 4.90 Å². The summed E-state index contributed by atoms with van der Waals surface area (Å²) in [6, 6.07) is 9.98. The molecule has 0 bridgehead atoms. The number of hydrogen-bond donors (Lipinski definition) is 1. The number of likely N-dealkylation sites (N-methyl/N-ethyl adjacent to an activating group) is 1. The SMILES string of the molecule is CCc1ccc(-n2nc(C#N)c(N(CC)CCO)n2)cc1. The van der Waals surface area contributed by atoms with Crippen LogP contribution in [0.15, 0.2) is 24.3 Å². The third-order valence-electron chi connectivity index (χ3n) is 3.33. The molecule has 6 nitrogen and oxygen atoms in total. The molecule has 0 amide bonds. The van der Waals surface area contributed by atoms with Crippen molar-refractivity contribution in [2.24, 2.45) is 0 Å². The van der Waals surface area contributed by atoms with Gasteiger partial charge in [0.1, 0.15) is 6.07 Å². The molecule has 1 heterocycles. The first kappa shape index (κ1) is 15.0. The van der Waals surface area contributed by atoms with E-state index in [-0.39, 0.29) is 12.3 Å². The maximum atomic E-state index is 9.22. The highest BCUT2D eigenvalue weighted by Crippen LogP contribution is 2.17. The first-order valence-corrected chi connectivity index (χ1v) is 7.06. The average Bonchev–Trinajstić information content (AvgIpc) is 2.96. The predicted octanol–water partition coefficient (Wildman–Crippen LogP) is 1.52. The zero-order chi connectivity index (χ0) is 15.2. The minimum atomic E-state index is 0.0107. The van der Waals surface area contributed by atoms with Crippen LogP contribution in [0.4, 0.5) is 5.82 Å². The Kier molecular flexibility index (Phi) is 4.90. The van der Waals surface area contributed by atoms with Crippen LogP contribution >= 0.6 is 0 Å². The van der Waals surface area contributed by atoms with Gasteiger partial charge in [0.2, 0.25) is 5.69 Å². The lowest BCUT2D eigenvalue weighted by Gasteiger charge is -2.18. The molecule has 1 N–H and O–H groups in total. The summed E-state index contributed by atoms with van der Waals surface area (Å²) in [5, 5.41) is 26.9. The topological polar surface area (TPSA) is 78.0 Å². The summed E-state index contributed by atoms with van der Waals surface area (Å²) in [4.78, 5) is 3.30. The molecule has 0 unspecified atom stereocenters. The Bertz CT molecular complexity index is 627. The molecule has 0 saturated heterocycles. The third kappa shape index (κ3) is 3.20. The molecule has 0 atom stereocenters. The number of anilines is 1. The lowest BCUT2D eigenvalue weighted by Crippen LogP contribution is -2.27. The molecular weight excluding hydrogens is 266 g/mol. The van der Waals surface area contributed by atoms with Crippen LogP contribution in [0, 0.1) is 11.3 Å².